The van der Waals surface area contributed by atoms with Crippen molar-refractivity contribution in [2.24, 2.45) is 9.98 Å². The summed E-state index contributed by atoms with van der Waals surface area (Å²) in [5, 5.41) is 14.3. The Balaban J connectivity index is 0.000000600. The number of ether oxygens (including phenoxy) is 3. The van der Waals surface area contributed by atoms with Crippen molar-refractivity contribution in [1.82, 2.24) is 20.4 Å². The first-order chi connectivity index (χ1) is 30.3. The molecule has 17 nitrogen and oxygen atoms in total. The molecule has 2 aliphatic rings. The Morgan fingerprint density at radius 3 is 1.33 bits per heavy atom. The van der Waals surface area contributed by atoms with Crippen molar-refractivity contribution >= 4 is 56.2 Å². The number of nitrogens with zero attached hydrogens (tertiary/aromatic N) is 4. The summed E-state index contributed by atoms with van der Waals surface area (Å²) in [5.41, 5.74) is -2.38. The van der Waals surface area contributed by atoms with Crippen molar-refractivity contribution in [3.63, 3.8) is 0 Å². The van der Waals surface area contributed by atoms with Crippen molar-refractivity contribution < 1.29 is 113 Å². The Bertz CT molecular complexity index is 2160. The number of hydrogen-bond donors (Lipinski definition) is 3. The molecular formula is C46H67F2KN6O11Si. The molecule has 67 heavy (non-hydrogen) atoms. The summed E-state index contributed by atoms with van der Waals surface area (Å²) in [4.78, 5) is 95.8. The zero-order valence-electron chi connectivity index (χ0n) is 41.7. The molecule has 4 amide bonds. The van der Waals surface area contributed by atoms with E-state index in [1.807, 2.05) is 27.7 Å². The van der Waals surface area contributed by atoms with Gasteiger partial charge in [0.1, 0.15) is 22.8 Å². The summed E-state index contributed by atoms with van der Waals surface area (Å²) in [5.74, 6) is -3.88. The van der Waals surface area contributed by atoms with Gasteiger partial charge < -0.3 is 24.1 Å². The summed E-state index contributed by atoms with van der Waals surface area (Å²) in [6.07, 6.45) is 1.15. The number of hydrogen-bond acceptors (Lipinski definition) is 12. The minimum absolute atomic E-state index is 0. The van der Waals surface area contributed by atoms with Crippen molar-refractivity contribution in [3.8, 4) is 0 Å². The van der Waals surface area contributed by atoms with E-state index in [0.29, 0.717) is 31.2 Å². The van der Waals surface area contributed by atoms with Crippen LogP contribution in [0.4, 0.5) is 18.4 Å². The predicted molar refractivity (Wildman–Crippen MR) is 245 cm³/mol. The average Bonchev–Trinajstić information content (AvgIpc) is 3.17. The van der Waals surface area contributed by atoms with E-state index in [1.165, 1.54) is 35.1 Å². The van der Waals surface area contributed by atoms with Crippen molar-refractivity contribution in [1.29, 1.82) is 0 Å². The van der Waals surface area contributed by atoms with Gasteiger partial charge in [0.05, 0.1) is 55.2 Å². The van der Waals surface area contributed by atoms with Crippen LogP contribution in [-0.4, -0.2) is 100 Å². The van der Waals surface area contributed by atoms with Gasteiger partial charge in [0.25, 0.3) is 0 Å². The second kappa shape index (κ2) is 25.5. The number of aliphatic imine (C=N–C) groups is 2. The predicted octanol–water partition coefficient (Wildman–Crippen LogP) is 4.67. The molecule has 2 aromatic rings. The minimum Gasteiger partial charge on any atom is -0.859 e. The normalized spacial score (nSPS) is 15.5. The molecule has 366 valence electrons. The van der Waals surface area contributed by atoms with Crippen molar-refractivity contribution in [3.05, 3.63) is 70.3 Å². The number of carboxylic acid groups (broad SMARTS) is 1. The molecule has 21 heteroatoms. The van der Waals surface area contributed by atoms with Crippen LogP contribution in [0.15, 0.2) is 46.4 Å². The van der Waals surface area contributed by atoms with Crippen LogP contribution in [0.5, 0.6) is 0 Å². The van der Waals surface area contributed by atoms with Crippen LogP contribution in [0.3, 0.4) is 0 Å². The summed E-state index contributed by atoms with van der Waals surface area (Å²) < 4.78 is 43.2. The maximum atomic E-state index is 14.1. The number of methoxy groups -OCH3 is 1. The molecule has 0 fully saturated rings. The number of nitrogens with one attached hydrogen (secondary N) is 2. The van der Waals surface area contributed by atoms with E-state index >= 15 is 0 Å². The van der Waals surface area contributed by atoms with E-state index in [4.69, 9.17) is 14.6 Å². The molecule has 0 aromatic heterocycles. The Hall–Kier alpha value is -4.13. The first-order valence-corrected chi connectivity index (χ1v) is 25.1. The summed E-state index contributed by atoms with van der Waals surface area (Å²) in [6, 6.07) is 7.04. The second-order valence-corrected chi connectivity index (χ2v) is 23.1. The van der Waals surface area contributed by atoms with E-state index in [-0.39, 0.29) is 118 Å². The summed E-state index contributed by atoms with van der Waals surface area (Å²) in [6.45, 7) is 23.1. The third-order valence-corrected chi connectivity index (χ3v) is 9.88. The number of carboxylic acids is 1. The molecule has 0 saturated carbocycles. The molecule has 2 heterocycles. The van der Waals surface area contributed by atoms with Crippen molar-refractivity contribution in [2.75, 3.05) is 7.11 Å². The smallest absolute Gasteiger partial charge is 0.859 e. The Morgan fingerprint density at radius 2 is 1.03 bits per heavy atom. The second-order valence-electron chi connectivity index (χ2n) is 18.9. The molecule has 0 radical (unpaired) electrons. The standard InChI is InChI=1S/C22H30FN3O5.C21H28FN3O5.C3H9OSi.K/c1-7-22(8-2)12-17(27)26(19(25-22)24-20(29)31-21(3,4)5)13-14-9-15(18(28)30-6)11-16(23)10-14;1-6-21(7-2)11-16(26)25(18(24-21)23-19(29)30-20(3,4)5)12-13-8-14(17(27)28)10-15(22)9-13;1-5(2,3)4;/h9-11H,7-8,12-13H2,1-6H3,(H,24,25,29);8-10H,6-7,11-12H2,1-5H3,(H,27,28)(H,23,24,29);1-3H3;/q;;-1;+1. The van der Waals surface area contributed by atoms with Gasteiger partial charge in [0, 0.05) is 0 Å². The number of guanidine groups is 2. The molecular weight excluding hydrogens is 918 g/mol. The van der Waals surface area contributed by atoms with Crippen LogP contribution in [0, 0.1) is 11.6 Å². The average molecular weight is 985 g/mol. The molecule has 2 aromatic carbocycles. The number of alkyl carbamates (subject to hydrolysis) is 2. The Morgan fingerprint density at radius 1 is 0.701 bits per heavy atom. The number of amides is 4. The van der Waals surface area contributed by atoms with E-state index in [9.17, 15) is 42.3 Å². The molecule has 0 saturated heterocycles. The first-order valence-electron chi connectivity index (χ1n) is 21.7. The number of carbonyl (C=O) groups excluding carboxylic acids is 5. The fourth-order valence-corrected chi connectivity index (χ4v) is 6.47. The maximum absolute atomic E-state index is 14.1. The largest absolute Gasteiger partial charge is 1.00 e. The molecule has 0 atom stereocenters. The number of rotatable bonds is 10. The minimum atomic E-state index is -1.86. The van der Waals surface area contributed by atoms with Gasteiger partial charge in [-0.05, 0) is 115 Å². The summed E-state index contributed by atoms with van der Waals surface area (Å²) >= 11 is 0. The molecule has 2 aliphatic heterocycles. The maximum Gasteiger partial charge on any atom is 1.00 e. The van der Waals surface area contributed by atoms with Crippen molar-refractivity contribution in [2.45, 2.75) is 163 Å². The van der Waals surface area contributed by atoms with E-state index in [2.05, 4.69) is 25.4 Å². The third kappa shape index (κ3) is 20.6. The van der Waals surface area contributed by atoms with Crippen LogP contribution in [0.25, 0.3) is 0 Å². The van der Waals surface area contributed by atoms with Crippen LogP contribution in [0.2, 0.25) is 19.6 Å². The van der Waals surface area contributed by atoms with Gasteiger partial charge >= 0.3 is 75.5 Å². The topological polar surface area (TPSA) is 229 Å². The SMILES string of the molecule is CCC1(CC)CC(=O)N(Cc2cc(F)cc(C(=O)O)c2)C(NC(=O)OC(C)(C)C)=N1.CCC1(CC)CC(=O)N(Cc2cc(F)cc(C(=O)OC)c2)C(NC(=O)OC(C)(C)C)=N1.C[Si](C)(C)[O-].[K+]. The zero-order chi connectivity index (χ0) is 50.6. The monoisotopic (exact) mass is 984 g/mol. The number of carbonyl (C=O) groups is 6. The number of esters is 1. The quantitative estimate of drug-likeness (QED) is 0.168. The van der Waals surface area contributed by atoms with E-state index < -0.39 is 66.4 Å². The Kier molecular flexibility index (Phi) is 23.1. The van der Waals surface area contributed by atoms with E-state index in [1.54, 1.807) is 61.2 Å². The summed E-state index contributed by atoms with van der Waals surface area (Å²) in [7, 11) is -0.661. The van der Waals surface area contributed by atoms with Gasteiger partial charge in [0.15, 0.2) is 0 Å². The number of halogens is 2. The fraction of sp³-hybridized carbons (Fsp3) is 0.565. The molecule has 0 bridgehead atoms. The van der Waals surface area contributed by atoms with Gasteiger partial charge in [0.2, 0.25) is 23.7 Å². The van der Waals surface area contributed by atoms with Crippen LogP contribution < -0.4 is 66.8 Å². The van der Waals surface area contributed by atoms with Gasteiger partial charge in [-0.25, -0.2) is 37.9 Å². The molecule has 0 aliphatic carbocycles. The molecule has 0 unspecified atom stereocenters. The van der Waals surface area contributed by atoms with Gasteiger partial charge in [-0.3, -0.25) is 30.0 Å². The van der Waals surface area contributed by atoms with E-state index in [0.717, 1.165) is 18.2 Å². The zero-order valence-corrected chi connectivity index (χ0v) is 45.8. The number of benzene rings is 2. The first kappa shape index (κ1) is 60.9. The van der Waals surface area contributed by atoms with Gasteiger partial charge in [-0.2, -0.15) is 0 Å². The van der Waals surface area contributed by atoms with Gasteiger partial charge in [-0.1, -0.05) is 55.7 Å². The molecule has 3 N–H and O–H groups in total. The Labute approximate surface area is 436 Å². The molecule has 4 rings (SSSR count). The number of aromatic carboxylic acids is 1. The molecule has 0 spiro atoms. The van der Waals surface area contributed by atoms with Crippen LogP contribution >= 0.6 is 0 Å². The van der Waals surface area contributed by atoms with Crippen LogP contribution in [-0.2, 0) is 36.9 Å². The fourth-order valence-electron chi connectivity index (χ4n) is 6.47. The third-order valence-electron chi connectivity index (χ3n) is 9.88. The van der Waals surface area contributed by atoms with Crippen LogP contribution in [0.1, 0.15) is 140 Å². The van der Waals surface area contributed by atoms with Gasteiger partial charge in [-0.15, -0.1) is 0 Å².